The number of fused-ring (bicyclic) bond motifs is 1. The summed E-state index contributed by atoms with van der Waals surface area (Å²) in [5.74, 6) is 0. The predicted octanol–water partition coefficient (Wildman–Crippen LogP) is 2.88. The number of aromatic nitrogens is 3. The molecule has 4 nitrogen and oxygen atoms in total. The van der Waals surface area contributed by atoms with Crippen molar-refractivity contribution in [1.29, 1.82) is 0 Å². The Morgan fingerprint density at radius 2 is 1.86 bits per heavy atom. The van der Waals surface area contributed by atoms with Crippen LogP contribution in [0, 0.1) is 13.8 Å². The first-order valence-corrected chi connectivity index (χ1v) is 7.04. The Bertz CT molecular complexity index is 783. The van der Waals surface area contributed by atoms with Crippen molar-refractivity contribution in [2.45, 2.75) is 26.3 Å². The summed E-state index contributed by atoms with van der Waals surface area (Å²) in [6.07, 6.45) is 0.691. The molecule has 0 saturated heterocycles. The van der Waals surface area contributed by atoms with Crippen LogP contribution in [-0.2, 0) is 6.42 Å². The molecule has 3 rings (SSSR count). The standard InChI is InChI=1S/C17H18N4/c1-11-9-15(12(2)21-20-11)16(18)10-14-8-7-13-5-3-4-6-17(13)19-14/h3-9,16H,10,18H2,1-2H3. The van der Waals surface area contributed by atoms with Crippen LogP contribution in [0.15, 0.2) is 42.5 Å². The number of pyridine rings is 1. The maximum absolute atomic E-state index is 6.33. The molecule has 1 atom stereocenters. The lowest BCUT2D eigenvalue weighted by Gasteiger charge is -2.14. The second-order valence-corrected chi connectivity index (χ2v) is 5.33. The van der Waals surface area contributed by atoms with Crippen LogP contribution < -0.4 is 5.73 Å². The van der Waals surface area contributed by atoms with Crippen LogP contribution in [0.2, 0.25) is 0 Å². The molecule has 2 N–H and O–H groups in total. The van der Waals surface area contributed by atoms with Gasteiger partial charge in [-0.1, -0.05) is 24.3 Å². The molecule has 1 aromatic carbocycles. The van der Waals surface area contributed by atoms with E-state index in [1.54, 1.807) is 0 Å². The maximum Gasteiger partial charge on any atom is 0.0705 e. The lowest BCUT2D eigenvalue weighted by Crippen LogP contribution is -2.16. The third-order valence-electron chi connectivity index (χ3n) is 3.62. The monoisotopic (exact) mass is 278 g/mol. The first-order chi connectivity index (χ1) is 10.1. The van der Waals surface area contributed by atoms with E-state index < -0.39 is 0 Å². The van der Waals surface area contributed by atoms with Gasteiger partial charge in [-0.15, -0.1) is 0 Å². The average Bonchev–Trinajstić information content (AvgIpc) is 2.49. The van der Waals surface area contributed by atoms with E-state index in [-0.39, 0.29) is 6.04 Å². The van der Waals surface area contributed by atoms with E-state index in [0.29, 0.717) is 6.42 Å². The van der Waals surface area contributed by atoms with Crippen LogP contribution in [0.25, 0.3) is 10.9 Å². The second-order valence-electron chi connectivity index (χ2n) is 5.33. The van der Waals surface area contributed by atoms with Crippen LogP contribution in [0.1, 0.15) is 28.7 Å². The molecule has 106 valence electrons. The zero-order valence-electron chi connectivity index (χ0n) is 12.2. The molecule has 0 saturated carbocycles. The summed E-state index contributed by atoms with van der Waals surface area (Å²) in [7, 11) is 0. The van der Waals surface area contributed by atoms with Crippen LogP contribution in [0.5, 0.6) is 0 Å². The largest absolute Gasteiger partial charge is 0.324 e. The van der Waals surface area contributed by atoms with E-state index in [4.69, 9.17) is 5.73 Å². The molecule has 0 aliphatic rings. The molecule has 0 aliphatic heterocycles. The predicted molar refractivity (Wildman–Crippen MR) is 83.9 cm³/mol. The molecule has 21 heavy (non-hydrogen) atoms. The van der Waals surface area contributed by atoms with Crippen molar-refractivity contribution in [2.24, 2.45) is 5.73 Å². The first-order valence-electron chi connectivity index (χ1n) is 7.04. The number of benzene rings is 1. The van der Waals surface area contributed by atoms with Gasteiger partial charge in [-0.3, -0.25) is 4.98 Å². The highest BCUT2D eigenvalue weighted by Crippen LogP contribution is 2.19. The highest BCUT2D eigenvalue weighted by atomic mass is 15.1. The van der Waals surface area contributed by atoms with Gasteiger partial charge in [0.25, 0.3) is 0 Å². The molecule has 0 radical (unpaired) electrons. The topological polar surface area (TPSA) is 64.7 Å². The fraction of sp³-hybridized carbons (Fsp3) is 0.235. The molecular weight excluding hydrogens is 260 g/mol. The van der Waals surface area contributed by atoms with Gasteiger partial charge in [-0.25, -0.2) is 0 Å². The molecule has 0 fully saturated rings. The Kier molecular flexibility index (Phi) is 3.62. The average molecular weight is 278 g/mol. The number of nitrogens with zero attached hydrogens (tertiary/aromatic N) is 3. The van der Waals surface area contributed by atoms with Gasteiger partial charge in [-0.05, 0) is 37.6 Å². The quantitative estimate of drug-likeness (QED) is 0.800. The zero-order valence-corrected chi connectivity index (χ0v) is 12.2. The Morgan fingerprint density at radius 3 is 2.71 bits per heavy atom. The van der Waals surface area contributed by atoms with Gasteiger partial charge in [0, 0.05) is 23.5 Å². The van der Waals surface area contributed by atoms with Gasteiger partial charge in [0.2, 0.25) is 0 Å². The van der Waals surface area contributed by atoms with Gasteiger partial charge in [0.15, 0.2) is 0 Å². The van der Waals surface area contributed by atoms with Crippen LogP contribution >= 0.6 is 0 Å². The lowest BCUT2D eigenvalue weighted by molar-refractivity contribution is 0.689. The summed E-state index contributed by atoms with van der Waals surface area (Å²) in [6.45, 7) is 3.87. The molecular formula is C17H18N4. The summed E-state index contributed by atoms with van der Waals surface area (Å²) in [5.41, 5.74) is 11.1. The van der Waals surface area contributed by atoms with Crippen molar-refractivity contribution >= 4 is 10.9 Å². The maximum atomic E-state index is 6.33. The van der Waals surface area contributed by atoms with E-state index in [1.165, 1.54) is 0 Å². The minimum absolute atomic E-state index is 0.118. The minimum Gasteiger partial charge on any atom is -0.324 e. The van der Waals surface area contributed by atoms with E-state index in [2.05, 4.69) is 27.3 Å². The van der Waals surface area contributed by atoms with Gasteiger partial charge in [-0.2, -0.15) is 10.2 Å². The van der Waals surface area contributed by atoms with E-state index in [0.717, 1.165) is 33.5 Å². The SMILES string of the molecule is Cc1cc(C(N)Cc2ccc3ccccc3n2)c(C)nn1. The Balaban J connectivity index is 1.88. The van der Waals surface area contributed by atoms with E-state index in [1.807, 2.05) is 44.2 Å². The Labute approximate surface area is 124 Å². The summed E-state index contributed by atoms with van der Waals surface area (Å²) >= 11 is 0. The molecule has 0 bridgehead atoms. The zero-order chi connectivity index (χ0) is 14.8. The molecule has 0 spiro atoms. The summed E-state index contributed by atoms with van der Waals surface area (Å²) in [5, 5.41) is 9.34. The van der Waals surface area contributed by atoms with Crippen molar-refractivity contribution in [1.82, 2.24) is 15.2 Å². The number of rotatable bonds is 3. The van der Waals surface area contributed by atoms with E-state index >= 15 is 0 Å². The van der Waals surface area contributed by atoms with Crippen LogP contribution in [-0.4, -0.2) is 15.2 Å². The number of hydrogen-bond acceptors (Lipinski definition) is 4. The molecule has 0 amide bonds. The van der Waals surface area contributed by atoms with Gasteiger partial charge < -0.3 is 5.73 Å². The number of aryl methyl sites for hydroxylation is 2. The molecule has 1 unspecified atom stereocenters. The van der Waals surface area contributed by atoms with Crippen LogP contribution in [0.4, 0.5) is 0 Å². The van der Waals surface area contributed by atoms with Crippen molar-refractivity contribution in [2.75, 3.05) is 0 Å². The van der Waals surface area contributed by atoms with Crippen molar-refractivity contribution < 1.29 is 0 Å². The van der Waals surface area contributed by atoms with E-state index in [9.17, 15) is 0 Å². The van der Waals surface area contributed by atoms with Crippen molar-refractivity contribution in [3.8, 4) is 0 Å². The molecule has 0 aliphatic carbocycles. The van der Waals surface area contributed by atoms with Gasteiger partial charge in [0.1, 0.15) is 0 Å². The number of hydrogen-bond donors (Lipinski definition) is 1. The summed E-state index contributed by atoms with van der Waals surface area (Å²) < 4.78 is 0. The molecule has 2 aromatic heterocycles. The summed E-state index contributed by atoms with van der Waals surface area (Å²) in [4.78, 5) is 4.68. The first kappa shape index (κ1) is 13.6. The Morgan fingerprint density at radius 1 is 1.05 bits per heavy atom. The van der Waals surface area contributed by atoms with Crippen LogP contribution in [0.3, 0.4) is 0 Å². The lowest BCUT2D eigenvalue weighted by atomic mass is 10.0. The highest BCUT2D eigenvalue weighted by Gasteiger charge is 2.12. The molecule has 4 heteroatoms. The van der Waals surface area contributed by atoms with Gasteiger partial charge in [0.05, 0.1) is 16.9 Å². The van der Waals surface area contributed by atoms with Crippen molar-refractivity contribution in [3.63, 3.8) is 0 Å². The fourth-order valence-corrected chi connectivity index (χ4v) is 2.50. The number of para-hydroxylation sites is 1. The van der Waals surface area contributed by atoms with Crippen molar-refractivity contribution in [3.05, 3.63) is 65.1 Å². The second kappa shape index (κ2) is 5.58. The highest BCUT2D eigenvalue weighted by molar-refractivity contribution is 5.78. The third kappa shape index (κ3) is 2.90. The smallest absolute Gasteiger partial charge is 0.0705 e. The normalized spacial score (nSPS) is 12.5. The van der Waals surface area contributed by atoms with Gasteiger partial charge >= 0.3 is 0 Å². The third-order valence-corrected chi connectivity index (χ3v) is 3.62. The molecule has 3 aromatic rings. The fourth-order valence-electron chi connectivity index (χ4n) is 2.50. The summed E-state index contributed by atoms with van der Waals surface area (Å²) in [6, 6.07) is 14.1. The number of nitrogens with two attached hydrogens (primary N) is 1. The minimum atomic E-state index is -0.118. The Hall–Kier alpha value is -2.33. The molecule has 2 heterocycles.